The standard InChI is InChI=1S/C20H18N2O4/c1-14(12-15-6-3-2-4-7-15)26-20(25)16-8-5-9-17(13-16)22-19(24)11-10-18(23)21-22/h2-11,13-14H,12H2,1H3,(H,21,23). The summed E-state index contributed by atoms with van der Waals surface area (Å²) in [6, 6.07) is 18.5. The number of benzene rings is 2. The molecule has 0 spiro atoms. The third-order valence-electron chi connectivity index (χ3n) is 3.83. The molecule has 1 atom stereocenters. The number of carbonyl (C=O) groups excluding carboxylic acids is 1. The van der Waals surface area contributed by atoms with Gasteiger partial charge in [-0.25, -0.2) is 9.48 Å². The van der Waals surface area contributed by atoms with Gasteiger partial charge >= 0.3 is 5.97 Å². The molecule has 3 rings (SSSR count). The lowest BCUT2D eigenvalue weighted by Crippen LogP contribution is -2.26. The highest BCUT2D eigenvalue weighted by molar-refractivity contribution is 5.90. The number of nitrogens with zero attached hydrogens (tertiary/aromatic N) is 1. The molecule has 1 aromatic heterocycles. The van der Waals surface area contributed by atoms with Crippen molar-refractivity contribution in [3.8, 4) is 5.69 Å². The maximum absolute atomic E-state index is 12.4. The zero-order valence-corrected chi connectivity index (χ0v) is 14.2. The van der Waals surface area contributed by atoms with E-state index in [1.54, 1.807) is 18.2 Å². The third-order valence-corrected chi connectivity index (χ3v) is 3.83. The number of H-pyrrole nitrogens is 1. The van der Waals surface area contributed by atoms with Crippen molar-refractivity contribution in [3.63, 3.8) is 0 Å². The maximum atomic E-state index is 12.4. The van der Waals surface area contributed by atoms with Gasteiger partial charge in [-0.3, -0.25) is 14.7 Å². The molecule has 1 heterocycles. The molecule has 1 unspecified atom stereocenters. The number of aromatic nitrogens is 2. The van der Waals surface area contributed by atoms with Crippen LogP contribution in [0.25, 0.3) is 5.69 Å². The second-order valence-electron chi connectivity index (χ2n) is 5.94. The van der Waals surface area contributed by atoms with Crippen LogP contribution >= 0.6 is 0 Å². The number of rotatable bonds is 5. The van der Waals surface area contributed by atoms with Crippen molar-refractivity contribution in [1.29, 1.82) is 0 Å². The first-order valence-corrected chi connectivity index (χ1v) is 8.20. The van der Waals surface area contributed by atoms with Gasteiger partial charge in [0.25, 0.3) is 11.1 Å². The zero-order chi connectivity index (χ0) is 18.5. The van der Waals surface area contributed by atoms with Gasteiger partial charge in [-0.1, -0.05) is 36.4 Å². The summed E-state index contributed by atoms with van der Waals surface area (Å²) >= 11 is 0. The van der Waals surface area contributed by atoms with Crippen molar-refractivity contribution in [2.45, 2.75) is 19.4 Å². The van der Waals surface area contributed by atoms with E-state index in [9.17, 15) is 14.4 Å². The molecule has 0 amide bonds. The van der Waals surface area contributed by atoms with Crippen molar-refractivity contribution in [2.75, 3.05) is 0 Å². The van der Waals surface area contributed by atoms with Crippen LogP contribution in [0.3, 0.4) is 0 Å². The first-order valence-electron chi connectivity index (χ1n) is 8.20. The number of ether oxygens (including phenoxy) is 1. The van der Waals surface area contributed by atoms with Crippen LogP contribution in [0.15, 0.2) is 76.3 Å². The molecule has 3 aromatic rings. The minimum absolute atomic E-state index is 0.298. The molecular formula is C20H18N2O4. The molecule has 0 aliphatic rings. The van der Waals surface area contributed by atoms with Gasteiger partial charge in [-0.15, -0.1) is 0 Å². The Balaban J connectivity index is 1.77. The Morgan fingerprint density at radius 1 is 1.04 bits per heavy atom. The Kier molecular flexibility index (Phi) is 5.12. The van der Waals surface area contributed by atoms with Crippen LogP contribution in [0.4, 0.5) is 0 Å². The van der Waals surface area contributed by atoms with Gasteiger partial charge in [-0.2, -0.15) is 0 Å². The van der Waals surface area contributed by atoms with E-state index < -0.39 is 17.1 Å². The van der Waals surface area contributed by atoms with E-state index >= 15 is 0 Å². The number of nitrogens with one attached hydrogen (secondary N) is 1. The van der Waals surface area contributed by atoms with E-state index in [1.165, 1.54) is 12.1 Å². The molecule has 26 heavy (non-hydrogen) atoms. The van der Waals surface area contributed by atoms with E-state index in [-0.39, 0.29) is 6.10 Å². The highest BCUT2D eigenvalue weighted by Crippen LogP contribution is 2.12. The van der Waals surface area contributed by atoms with E-state index in [2.05, 4.69) is 5.10 Å². The molecular weight excluding hydrogens is 332 g/mol. The van der Waals surface area contributed by atoms with Gasteiger partial charge in [0.15, 0.2) is 0 Å². The lowest BCUT2D eigenvalue weighted by molar-refractivity contribution is 0.0343. The second kappa shape index (κ2) is 7.65. The monoisotopic (exact) mass is 350 g/mol. The van der Waals surface area contributed by atoms with Crippen molar-refractivity contribution in [1.82, 2.24) is 9.78 Å². The molecule has 1 N–H and O–H groups in total. The summed E-state index contributed by atoms with van der Waals surface area (Å²) in [5.41, 5.74) is 0.966. The minimum atomic E-state index is -0.485. The first kappa shape index (κ1) is 17.4. The fraction of sp³-hybridized carbons (Fsp3) is 0.150. The minimum Gasteiger partial charge on any atom is -0.459 e. The number of esters is 1. The number of hydrogen-bond donors (Lipinski definition) is 1. The van der Waals surface area contributed by atoms with Crippen molar-refractivity contribution in [2.24, 2.45) is 0 Å². The van der Waals surface area contributed by atoms with Gasteiger partial charge in [0.1, 0.15) is 6.10 Å². The van der Waals surface area contributed by atoms with Crippen LogP contribution in [0.1, 0.15) is 22.8 Å². The van der Waals surface area contributed by atoms with Gasteiger partial charge in [0.2, 0.25) is 0 Å². The molecule has 2 aromatic carbocycles. The average molecular weight is 350 g/mol. The Morgan fingerprint density at radius 2 is 1.81 bits per heavy atom. The summed E-state index contributed by atoms with van der Waals surface area (Å²) in [7, 11) is 0. The Labute approximate surface area is 149 Å². The maximum Gasteiger partial charge on any atom is 0.338 e. The van der Waals surface area contributed by atoms with E-state index in [0.717, 1.165) is 16.3 Å². The van der Waals surface area contributed by atoms with Crippen molar-refractivity contribution >= 4 is 5.97 Å². The van der Waals surface area contributed by atoms with Gasteiger partial charge < -0.3 is 4.74 Å². The molecule has 6 nitrogen and oxygen atoms in total. The normalized spacial score (nSPS) is 11.7. The largest absolute Gasteiger partial charge is 0.459 e. The highest BCUT2D eigenvalue weighted by atomic mass is 16.5. The van der Waals surface area contributed by atoms with Gasteiger partial charge in [-0.05, 0) is 30.7 Å². The molecule has 0 saturated carbocycles. The zero-order valence-electron chi connectivity index (χ0n) is 14.2. The molecule has 0 radical (unpaired) electrons. The summed E-state index contributed by atoms with van der Waals surface area (Å²) in [5, 5.41) is 2.43. The predicted molar refractivity (Wildman–Crippen MR) is 97.7 cm³/mol. The van der Waals surface area contributed by atoms with Crippen molar-refractivity contribution in [3.05, 3.63) is 98.6 Å². The van der Waals surface area contributed by atoms with E-state index in [0.29, 0.717) is 17.7 Å². The molecule has 0 bridgehead atoms. The van der Waals surface area contributed by atoms with Gasteiger partial charge in [0, 0.05) is 18.6 Å². The lowest BCUT2D eigenvalue weighted by atomic mass is 10.1. The first-order chi connectivity index (χ1) is 12.5. The van der Waals surface area contributed by atoms with E-state index in [1.807, 2.05) is 37.3 Å². The van der Waals surface area contributed by atoms with Crippen LogP contribution < -0.4 is 11.1 Å². The molecule has 0 aliphatic heterocycles. The topological polar surface area (TPSA) is 81.2 Å². The fourth-order valence-corrected chi connectivity index (χ4v) is 2.63. The summed E-state index contributed by atoms with van der Waals surface area (Å²) in [6.45, 7) is 1.83. The second-order valence-corrected chi connectivity index (χ2v) is 5.94. The molecule has 0 fully saturated rings. The number of aromatic amines is 1. The Hall–Kier alpha value is -3.41. The third kappa shape index (κ3) is 4.16. The number of carbonyl (C=O) groups is 1. The smallest absolute Gasteiger partial charge is 0.338 e. The van der Waals surface area contributed by atoms with Crippen LogP contribution in [-0.2, 0) is 11.2 Å². The molecule has 0 saturated heterocycles. The number of hydrogen-bond acceptors (Lipinski definition) is 4. The SMILES string of the molecule is CC(Cc1ccccc1)OC(=O)c1cccc(-n2[nH]c(=O)ccc2=O)c1. The molecule has 132 valence electrons. The highest BCUT2D eigenvalue weighted by Gasteiger charge is 2.14. The summed E-state index contributed by atoms with van der Waals surface area (Å²) in [6.07, 6.45) is 0.311. The van der Waals surface area contributed by atoms with Crippen LogP contribution in [-0.4, -0.2) is 21.9 Å². The summed E-state index contributed by atoms with van der Waals surface area (Å²) in [4.78, 5) is 35.8. The summed E-state index contributed by atoms with van der Waals surface area (Å²) < 4.78 is 6.58. The van der Waals surface area contributed by atoms with Crippen molar-refractivity contribution < 1.29 is 9.53 Å². The quantitative estimate of drug-likeness (QED) is 0.716. The average Bonchev–Trinajstić information content (AvgIpc) is 2.64. The van der Waals surface area contributed by atoms with Crippen LogP contribution in [0.5, 0.6) is 0 Å². The lowest BCUT2D eigenvalue weighted by Gasteiger charge is -2.14. The predicted octanol–water partition coefficient (Wildman–Crippen LogP) is 2.31. The fourth-order valence-electron chi connectivity index (χ4n) is 2.63. The van der Waals surface area contributed by atoms with Crippen LogP contribution in [0, 0.1) is 0 Å². The van der Waals surface area contributed by atoms with Gasteiger partial charge in [0.05, 0.1) is 11.3 Å². The Morgan fingerprint density at radius 3 is 2.58 bits per heavy atom. The van der Waals surface area contributed by atoms with Crippen LogP contribution in [0.2, 0.25) is 0 Å². The van der Waals surface area contributed by atoms with E-state index in [4.69, 9.17) is 4.74 Å². The Bertz CT molecular complexity index is 1020. The summed E-state index contributed by atoms with van der Waals surface area (Å²) in [5.74, 6) is -0.485. The molecule has 6 heteroatoms. The molecule has 0 aliphatic carbocycles.